The second kappa shape index (κ2) is 6.12. The summed E-state index contributed by atoms with van der Waals surface area (Å²) in [6.07, 6.45) is 2.60. The van der Waals surface area contributed by atoms with Gasteiger partial charge < -0.3 is 15.0 Å². The molecule has 0 bridgehead atoms. The van der Waals surface area contributed by atoms with E-state index in [0.29, 0.717) is 10.9 Å². The van der Waals surface area contributed by atoms with Crippen LogP contribution < -0.4 is 11.2 Å². The lowest BCUT2D eigenvalue weighted by atomic mass is 9.80. The van der Waals surface area contributed by atoms with Crippen LogP contribution in [0.5, 0.6) is 0 Å². The summed E-state index contributed by atoms with van der Waals surface area (Å²) in [6, 6.07) is 1.70. The second-order valence-electron chi connectivity index (χ2n) is 7.46. The van der Waals surface area contributed by atoms with Gasteiger partial charge in [0.1, 0.15) is 0 Å². The van der Waals surface area contributed by atoms with Crippen LogP contribution in [-0.2, 0) is 9.31 Å². The van der Waals surface area contributed by atoms with Gasteiger partial charge >= 0.3 is 7.12 Å². The van der Waals surface area contributed by atoms with Gasteiger partial charge in [0.05, 0.1) is 21.9 Å². The minimum absolute atomic E-state index is 0.153. The first-order valence-electron chi connectivity index (χ1n) is 7.80. The summed E-state index contributed by atoms with van der Waals surface area (Å²) >= 11 is 6.37. The van der Waals surface area contributed by atoms with Crippen molar-refractivity contribution >= 4 is 24.2 Å². The molecule has 122 valence electrons. The van der Waals surface area contributed by atoms with Crippen molar-refractivity contribution < 1.29 is 9.31 Å². The Kier molecular flexibility index (Phi) is 4.93. The molecule has 2 rings (SSSR count). The minimum Gasteiger partial charge on any atom is -0.399 e. The molecule has 0 radical (unpaired) electrons. The molecule has 1 aromatic rings. The van der Waals surface area contributed by atoms with Gasteiger partial charge in [0.15, 0.2) is 0 Å². The fourth-order valence-corrected chi connectivity index (χ4v) is 2.78. The van der Waals surface area contributed by atoms with Crippen molar-refractivity contribution in [2.75, 3.05) is 0 Å². The first-order valence-corrected chi connectivity index (χ1v) is 8.18. The quantitative estimate of drug-likeness (QED) is 0.865. The van der Waals surface area contributed by atoms with E-state index in [1.807, 2.05) is 33.8 Å². The number of nitrogens with zero attached hydrogens (tertiary/aromatic N) is 1. The molecule has 4 nitrogen and oxygen atoms in total. The molecule has 1 atom stereocenters. The first kappa shape index (κ1) is 17.7. The number of hydrogen-bond donors (Lipinski definition) is 1. The van der Waals surface area contributed by atoms with Crippen molar-refractivity contribution in [3.05, 3.63) is 23.0 Å². The molecule has 0 amide bonds. The molecule has 0 spiro atoms. The van der Waals surface area contributed by atoms with Crippen molar-refractivity contribution in [3.8, 4) is 0 Å². The van der Waals surface area contributed by atoms with Crippen LogP contribution in [0.3, 0.4) is 0 Å². The Morgan fingerprint density at radius 1 is 1.23 bits per heavy atom. The number of halogens is 1. The van der Waals surface area contributed by atoms with Gasteiger partial charge in [-0.25, -0.2) is 0 Å². The highest BCUT2D eigenvalue weighted by Crippen LogP contribution is 2.36. The molecule has 1 aliphatic heterocycles. The van der Waals surface area contributed by atoms with Crippen LogP contribution in [0, 0.1) is 5.92 Å². The fourth-order valence-electron chi connectivity index (χ4n) is 2.46. The predicted octanol–water partition coefficient (Wildman–Crippen LogP) is 3.08. The minimum atomic E-state index is -0.453. The van der Waals surface area contributed by atoms with Crippen LogP contribution in [0.15, 0.2) is 12.3 Å². The van der Waals surface area contributed by atoms with E-state index in [1.165, 1.54) is 0 Å². The third-order valence-electron chi connectivity index (χ3n) is 4.49. The molecule has 1 fully saturated rings. The molecule has 22 heavy (non-hydrogen) atoms. The molecule has 1 aliphatic rings. The highest BCUT2D eigenvalue weighted by atomic mass is 35.5. The topological polar surface area (TPSA) is 57.4 Å². The van der Waals surface area contributed by atoms with Crippen LogP contribution >= 0.6 is 11.6 Å². The largest absolute Gasteiger partial charge is 0.496 e. The van der Waals surface area contributed by atoms with Crippen LogP contribution in [0.25, 0.3) is 0 Å². The summed E-state index contributed by atoms with van der Waals surface area (Å²) in [7, 11) is -0.453. The second-order valence-corrected chi connectivity index (χ2v) is 7.87. The van der Waals surface area contributed by atoms with E-state index in [-0.39, 0.29) is 17.2 Å². The fraction of sp³-hybridized carbons (Fsp3) is 0.688. The van der Waals surface area contributed by atoms with Gasteiger partial charge in [-0.1, -0.05) is 25.4 Å². The summed E-state index contributed by atoms with van der Waals surface area (Å²) in [4.78, 5) is 4.45. The molecular formula is C16H26BClN2O2. The Morgan fingerprint density at radius 2 is 1.77 bits per heavy atom. The van der Waals surface area contributed by atoms with E-state index in [9.17, 15) is 0 Å². The van der Waals surface area contributed by atoms with Gasteiger partial charge in [-0.05, 0) is 46.1 Å². The average Bonchev–Trinajstić information content (AvgIpc) is 2.57. The van der Waals surface area contributed by atoms with Gasteiger partial charge in [-0.3, -0.25) is 4.98 Å². The summed E-state index contributed by atoms with van der Waals surface area (Å²) in [5.74, 6) is 0.496. The zero-order chi connectivity index (χ0) is 16.7. The smallest absolute Gasteiger partial charge is 0.399 e. The summed E-state index contributed by atoms with van der Waals surface area (Å²) < 4.78 is 12.0. The molecule has 6 heteroatoms. The van der Waals surface area contributed by atoms with Crippen molar-refractivity contribution in [3.63, 3.8) is 0 Å². The van der Waals surface area contributed by atoms with Crippen LogP contribution in [0.4, 0.5) is 0 Å². The van der Waals surface area contributed by atoms with Crippen molar-refractivity contribution in [2.24, 2.45) is 11.7 Å². The number of hydrogen-bond acceptors (Lipinski definition) is 4. The monoisotopic (exact) mass is 324 g/mol. The number of aromatic nitrogens is 1. The molecule has 2 heterocycles. The Morgan fingerprint density at radius 3 is 2.23 bits per heavy atom. The van der Waals surface area contributed by atoms with Gasteiger partial charge in [-0.15, -0.1) is 0 Å². The first-order chi connectivity index (χ1) is 10.0. The lowest BCUT2D eigenvalue weighted by Gasteiger charge is -2.32. The Balaban J connectivity index is 2.20. The number of pyridine rings is 1. The maximum Gasteiger partial charge on any atom is 0.496 e. The van der Waals surface area contributed by atoms with Crippen LogP contribution in [0.1, 0.15) is 59.7 Å². The van der Waals surface area contributed by atoms with E-state index in [1.54, 1.807) is 6.20 Å². The molecule has 0 aromatic carbocycles. The van der Waals surface area contributed by atoms with Crippen molar-refractivity contribution in [1.82, 2.24) is 4.98 Å². The highest BCUT2D eigenvalue weighted by molar-refractivity contribution is 6.62. The maximum atomic E-state index is 6.37. The zero-order valence-corrected chi connectivity index (χ0v) is 15.1. The molecule has 2 N–H and O–H groups in total. The average molecular weight is 325 g/mol. The highest BCUT2D eigenvalue weighted by Gasteiger charge is 2.51. The predicted molar refractivity (Wildman–Crippen MR) is 91.3 cm³/mol. The van der Waals surface area contributed by atoms with E-state index in [2.05, 4.69) is 18.8 Å². The van der Waals surface area contributed by atoms with Gasteiger partial charge in [0.25, 0.3) is 0 Å². The lowest BCUT2D eigenvalue weighted by Crippen LogP contribution is -2.41. The normalized spacial score (nSPS) is 21.4. The van der Waals surface area contributed by atoms with E-state index < -0.39 is 7.12 Å². The Labute approximate surface area is 138 Å². The maximum absolute atomic E-state index is 6.37. The van der Waals surface area contributed by atoms with Crippen LogP contribution in [0.2, 0.25) is 5.02 Å². The molecule has 1 unspecified atom stereocenters. The third-order valence-corrected chi connectivity index (χ3v) is 4.80. The van der Waals surface area contributed by atoms with Gasteiger partial charge in [0, 0.05) is 17.7 Å². The van der Waals surface area contributed by atoms with Crippen LogP contribution in [-0.4, -0.2) is 23.3 Å². The van der Waals surface area contributed by atoms with Crippen molar-refractivity contribution in [2.45, 2.75) is 65.2 Å². The van der Waals surface area contributed by atoms with E-state index in [4.69, 9.17) is 26.6 Å². The van der Waals surface area contributed by atoms with E-state index in [0.717, 1.165) is 17.6 Å². The molecule has 1 aromatic heterocycles. The van der Waals surface area contributed by atoms with Crippen molar-refractivity contribution in [1.29, 1.82) is 0 Å². The summed E-state index contributed by atoms with van der Waals surface area (Å²) in [5.41, 5.74) is 6.98. The summed E-state index contributed by atoms with van der Waals surface area (Å²) in [5, 5.41) is 0.570. The number of rotatable bonds is 4. The third kappa shape index (κ3) is 3.48. The van der Waals surface area contributed by atoms with Gasteiger partial charge in [0.2, 0.25) is 0 Å². The Hall–Kier alpha value is -0.615. The molecular weight excluding hydrogens is 298 g/mol. The standard InChI is InChI=1S/C16H26BClN2O2/c1-10(2)7-13(19)14-12(18)8-11(9-20-14)17-21-15(3,4)16(5,6)22-17/h8-10,13H,7,19H2,1-6H3. The molecule has 0 saturated carbocycles. The van der Waals surface area contributed by atoms with E-state index >= 15 is 0 Å². The summed E-state index contributed by atoms with van der Waals surface area (Å²) in [6.45, 7) is 12.4. The zero-order valence-electron chi connectivity index (χ0n) is 14.3. The SMILES string of the molecule is CC(C)CC(N)c1ncc(B2OC(C)(C)C(C)(C)O2)cc1Cl. The molecule has 0 aliphatic carbocycles. The number of nitrogens with two attached hydrogens (primary N) is 1. The molecule has 1 saturated heterocycles. The Bertz CT molecular complexity index is 533. The lowest BCUT2D eigenvalue weighted by molar-refractivity contribution is 0.00578. The van der Waals surface area contributed by atoms with Gasteiger partial charge in [-0.2, -0.15) is 0 Å².